The molecule has 1 rings (SSSR count). The highest BCUT2D eigenvalue weighted by molar-refractivity contribution is 5.25. The lowest BCUT2D eigenvalue weighted by Crippen LogP contribution is -2.20. The molecule has 1 aromatic heterocycles. The van der Waals surface area contributed by atoms with E-state index in [1.165, 1.54) is 5.56 Å². The summed E-state index contributed by atoms with van der Waals surface area (Å²) < 4.78 is 0. The largest absolute Gasteiger partial charge is 0.316 e. The fraction of sp³-hybridized carbons (Fsp3) is 0.667. The second-order valence-corrected chi connectivity index (χ2v) is 4.98. The third kappa shape index (κ3) is 2.75. The number of aromatic nitrogens is 2. The molecule has 0 fully saturated rings. The topological polar surface area (TPSA) is 37.8 Å². The normalized spacial score (nSPS) is 11.9. The average Bonchev–Trinajstić information content (AvgIpc) is 2.09. The van der Waals surface area contributed by atoms with Crippen molar-refractivity contribution in [1.29, 1.82) is 0 Å². The van der Waals surface area contributed by atoms with Gasteiger partial charge in [0.25, 0.3) is 0 Å². The van der Waals surface area contributed by atoms with Crippen LogP contribution in [0.15, 0.2) is 0 Å². The predicted molar refractivity (Wildman–Crippen MR) is 63.0 cm³/mol. The number of nitrogens with one attached hydrogen (secondary N) is 1. The van der Waals surface area contributed by atoms with Crippen molar-refractivity contribution in [2.75, 3.05) is 7.05 Å². The first-order chi connectivity index (χ1) is 6.86. The van der Waals surface area contributed by atoms with Crippen LogP contribution in [0.3, 0.4) is 0 Å². The smallest absolute Gasteiger partial charge is 0.134 e. The van der Waals surface area contributed by atoms with Gasteiger partial charge in [0.05, 0.1) is 0 Å². The van der Waals surface area contributed by atoms with E-state index in [2.05, 4.69) is 49.9 Å². The summed E-state index contributed by atoms with van der Waals surface area (Å²) in [4.78, 5) is 9.15. The Kier molecular flexibility index (Phi) is 3.45. The number of hydrogen-bond donors (Lipinski definition) is 1. The van der Waals surface area contributed by atoms with Crippen molar-refractivity contribution in [2.24, 2.45) is 0 Å². The van der Waals surface area contributed by atoms with Crippen molar-refractivity contribution in [2.45, 2.75) is 46.6 Å². The fourth-order valence-corrected chi connectivity index (χ4v) is 1.51. The standard InChI is InChI=1S/C12H21N3/c1-8-10(7-13-6)9(2)15-11(14-8)12(3,4)5/h13H,7H2,1-6H3. The Hall–Kier alpha value is -0.960. The molecule has 0 atom stereocenters. The lowest BCUT2D eigenvalue weighted by Gasteiger charge is -2.19. The summed E-state index contributed by atoms with van der Waals surface area (Å²) in [5.41, 5.74) is 3.40. The van der Waals surface area contributed by atoms with Crippen LogP contribution in [0.25, 0.3) is 0 Å². The van der Waals surface area contributed by atoms with Gasteiger partial charge in [-0.05, 0) is 20.9 Å². The Morgan fingerprint density at radius 2 is 1.53 bits per heavy atom. The lowest BCUT2D eigenvalue weighted by molar-refractivity contribution is 0.538. The van der Waals surface area contributed by atoms with E-state index in [-0.39, 0.29) is 5.41 Å². The highest BCUT2D eigenvalue weighted by Gasteiger charge is 2.19. The summed E-state index contributed by atoms with van der Waals surface area (Å²) in [6, 6.07) is 0. The highest BCUT2D eigenvalue weighted by atomic mass is 14.9. The Bertz CT molecular complexity index is 327. The Morgan fingerprint density at radius 3 is 1.87 bits per heavy atom. The summed E-state index contributed by atoms with van der Waals surface area (Å²) in [5, 5.41) is 3.14. The zero-order chi connectivity index (χ0) is 11.6. The predicted octanol–water partition coefficient (Wildman–Crippen LogP) is 2.11. The van der Waals surface area contributed by atoms with Gasteiger partial charge in [-0.1, -0.05) is 20.8 Å². The number of nitrogens with zero attached hydrogens (tertiary/aromatic N) is 2. The van der Waals surface area contributed by atoms with E-state index in [0.717, 1.165) is 23.8 Å². The number of hydrogen-bond acceptors (Lipinski definition) is 3. The van der Waals surface area contributed by atoms with Gasteiger partial charge in [0.15, 0.2) is 0 Å². The van der Waals surface area contributed by atoms with Crippen LogP contribution in [0.2, 0.25) is 0 Å². The minimum atomic E-state index is 0.0215. The van der Waals surface area contributed by atoms with Crippen molar-refractivity contribution in [3.8, 4) is 0 Å². The Morgan fingerprint density at radius 1 is 1.07 bits per heavy atom. The van der Waals surface area contributed by atoms with Gasteiger partial charge in [-0.15, -0.1) is 0 Å². The molecule has 1 N–H and O–H groups in total. The summed E-state index contributed by atoms with van der Waals surface area (Å²) in [6.45, 7) is 11.4. The van der Waals surface area contributed by atoms with Gasteiger partial charge in [0, 0.05) is 28.9 Å². The van der Waals surface area contributed by atoms with Crippen LogP contribution in [-0.2, 0) is 12.0 Å². The highest BCUT2D eigenvalue weighted by Crippen LogP contribution is 2.20. The molecule has 3 heteroatoms. The molecule has 0 aliphatic carbocycles. The summed E-state index contributed by atoms with van der Waals surface area (Å²) in [6.07, 6.45) is 0. The maximum Gasteiger partial charge on any atom is 0.134 e. The SMILES string of the molecule is CNCc1c(C)nc(C(C)(C)C)nc1C. The van der Waals surface area contributed by atoms with E-state index in [9.17, 15) is 0 Å². The monoisotopic (exact) mass is 207 g/mol. The molecule has 0 aliphatic heterocycles. The zero-order valence-corrected chi connectivity index (χ0v) is 10.6. The third-order valence-electron chi connectivity index (χ3n) is 2.45. The molecule has 1 heterocycles. The van der Waals surface area contributed by atoms with Crippen molar-refractivity contribution in [3.63, 3.8) is 0 Å². The van der Waals surface area contributed by atoms with Gasteiger partial charge in [0.2, 0.25) is 0 Å². The van der Waals surface area contributed by atoms with Crippen LogP contribution >= 0.6 is 0 Å². The molecule has 1 aromatic rings. The maximum atomic E-state index is 4.57. The first-order valence-corrected chi connectivity index (χ1v) is 5.35. The molecular formula is C12H21N3. The fourth-order valence-electron chi connectivity index (χ4n) is 1.51. The second kappa shape index (κ2) is 4.27. The van der Waals surface area contributed by atoms with Crippen molar-refractivity contribution in [3.05, 3.63) is 22.8 Å². The first kappa shape index (κ1) is 12.1. The second-order valence-electron chi connectivity index (χ2n) is 4.98. The van der Waals surface area contributed by atoms with E-state index in [1.807, 2.05) is 7.05 Å². The van der Waals surface area contributed by atoms with Crippen LogP contribution in [0, 0.1) is 13.8 Å². The molecule has 84 valence electrons. The molecule has 0 spiro atoms. The van der Waals surface area contributed by atoms with Crippen LogP contribution in [0.5, 0.6) is 0 Å². The lowest BCUT2D eigenvalue weighted by atomic mass is 9.95. The quantitative estimate of drug-likeness (QED) is 0.807. The minimum absolute atomic E-state index is 0.0215. The van der Waals surface area contributed by atoms with Crippen LogP contribution in [-0.4, -0.2) is 17.0 Å². The first-order valence-electron chi connectivity index (χ1n) is 5.35. The van der Waals surface area contributed by atoms with E-state index in [1.54, 1.807) is 0 Å². The van der Waals surface area contributed by atoms with E-state index in [4.69, 9.17) is 0 Å². The van der Waals surface area contributed by atoms with Gasteiger partial charge in [-0.3, -0.25) is 0 Å². The Labute approximate surface area is 92.3 Å². The molecule has 0 radical (unpaired) electrons. The van der Waals surface area contributed by atoms with Crippen LogP contribution < -0.4 is 5.32 Å². The summed E-state index contributed by atoms with van der Waals surface area (Å²) in [7, 11) is 1.94. The van der Waals surface area contributed by atoms with E-state index in [0.29, 0.717) is 0 Å². The van der Waals surface area contributed by atoms with Gasteiger partial charge in [-0.2, -0.15) is 0 Å². The molecule has 0 unspecified atom stereocenters. The molecule has 0 aromatic carbocycles. The zero-order valence-electron chi connectivity index (χ0n) is 10.6. The van der Waals surface area contributed by atoms with Crippen LogP contribution in [0.1, 0.15) is 43.5 Å². The molecule has 15 heavy (non-hydrogen) atoms. The molecular weight excluding hydrogens is 186 g/mol. The minimum Gasteiger partial charge on any atom is -0.316 e. The third-order valence-corrected chi connectivity index (χ3v) is 2.45. The van der Waals surface area contributed by atoms with Gasteiger partial charge < -0.3 is 5.32 Å². The van der Waals surface area contributed by atoms with Crippen molar-refractivity contribution >= 4 is 0 Å². The van der Waals surface area contributed by atoms with Crippen molar-refractivity contribution < 1.29 is 0 Å². The summed E-state index contributed by atoms with van der Waals surface area (Å²) >= 11 is 0. The van der Waals surface area contributed by atoms with Crippen molar-refractivity contribution in [1.82, 2.24) is 15.3 Å². The maximum absolute atomic E-state index is 4.57. The van der Waals surface area contributed by atoms with E-state index < -0.39 is 0 Å². The van der Waals surface area contributed by atoms with Gasteiger partial charge in [0.1, 0.15) is 5.82 Å². The summed E-state index contributed by atoms with van der Waals surface area (Å²) in [5.74, 6) is 0.928. The van der Waals surface area contributed by atoms with E-state index >= 15 is 0 Å². The van der Waals surface area contributed by atoms with Crippen LogP contribution in [0.4, 0.5) is 0 Å². The van der Waals surface area contributed by atoms with Gasteiger partial charge >= 0.3 is 0 Å². The molecule has 0 saturated carbocycles. The average molecular weight is 207 g/mol. The molecule has 3 nitrogen and oxygen atoms in total. The number of aryl methyl sites for hydroxylation is 2. The Balaban J connectivity index is 3.19. The number of rotatable bonds is 2. The molecule has 0 amide bonds. The molecule has 0 aliphatic rings. The molecule has 0 bridgehead atoms. The van der Waals surface area contributed by atoms with Gasteiger partial charge in [-0.25, -0.2) is 9.97 Å². The molecule has 0 saturated heterocycles.